The van der Waals surface area contributed by atoms with E-state index in [0.29, 0.717) is 18.4 Å². The Hall–Kier alpha value is -0.220. The number of thioether (sulfide) groups is 1. The van der Waals surface area contributed by atoms with Gasteiger partial charge in [-0.2, -0.15) is 11.8 Å². The number of rotatable bonds is 7. The van der Waals surface area contributed by atoms with Crippen LogP contribution in [0.1, 0.15) is 32.6 Å². The van der Waals surface area contributed by atoms with Gasteiger partial charge in [-0.15, -0.1) is 0 Å². The molecular weight excluding hydrogens is 210 g/mol. The third-order valence-corrected chi connectivity index (χ3v) is 3.82. The molecule has 1 fully saturated rings. The number of unbranched alkanes of at least 4 members (excludes halogenated alkanes) is 1. The summed E-state index contributed by atoms with van der Waals surface area (Å²) in [6.07, 6.45) is 4.63. The lowest BCUT2D eigenvalue weighted by Gasteiger charge is -2.09. The first-order valence-corrected chi connectivity index (χ1v) is 6.85. The number of hydrogen-bond acceptors (Lipinski definition) is 4. The van der Waals surface area contributed by atoms with E-state index in [2.05, 4.69) is 12.2 Å². The highest BCUT2D eigenvalue weighted by Gasteiger charge is 2.15. The third-order valence-electron chi connectivity index (χ3n) is 2.43. The fraction of sp³-hybridized carbons (Fsp3) is 0.909. The topological polar surface area (TPSA) is 38.3 Å². The Balaban J connectivity index is 1.91. The smallest absolute Gasteiger partial charge is 0.319 e. The Morgan fingerprint density at radius 3 is 3.13 bits per heavy atom. The Morgan fingerprint density at radius 2 is 2.47 bits per heavy atom. The molecule has 0 aliphatic carbocycles. The fourth-order valence-corrected chi connectivity index (χ4v) is 2.76. The van der Waals surface area contributed by atoms with Crippen LogP contribution >= 0.6 is 11.8 Å². The third kappa shape index (κ3) is 6.05. The molecule has 15 heavy (non-hydrogen) atoms. The molecule has 3 nitrogen and oxygen atoms in total. The maximum Gasteiger partial charge on any atom is 0.319 e. The zero-order valence-corrected chi connectivity index (χ0v) is 10.3. The van der Waals surface area contributed by atoms with Crippen molar-refractivity contribution in [2.45, 2.75) is 37.9 Å². The fourth-order valence-electron chi connectivity index (χ4n) is 1.52. The second-order valence-corrected chi connectivity index (χ2v) is 5.25. The van der Waals surface area contributed by atoms with Crippen LogP contribution in [0.5, 0.6) is 0 Å². The molecule has 1 rings (SSSR count). The van der Waals surface area contributed by atoms with Gasteiger partial charge in [0.2, 0.25) is 0 Å². The van der Waals surface area contributed by atoms with Gasteiger partial charge in [-0.25, -0.2) is 0 Å². The average molecular weight is 231 g/mol. The minimum Gasteiger partial charge on any atom is -0.465 e. The van der Waals surface area contributed by atoms with Gasteiger partial charge < -0.3 is 10.1 Å². The van der Waals surface area contributed by atoms with Crippen molar-refractivity contribution >= 4 is 17.7 Å². The lowest BCUT2D eigenvalue weighted by molar-refractivity contribution is -0.142. The lowest BCUT2D eigenvalue weighted by Crippen LogP contribution is -2.30. The molecule has 0 spiro atoms. The quantitative estimate of drug-likeness (QED) is 0.536. The minimum absolute atomic E-state index is 0.119. The van der Waals surface area contributed by atoms with Crippen LogP contribution < -0.4 is 5.32 Å². The molecule has 4 heteroatoms. The van der Waals surface area contributed by atoms with Crippen molar-refractivity contribution in [2.75, 3.05) is 25.4 Å². The highest BCUT2D eigenvalue weighted by Crippen LogP contribution is 2.24. The monoisotopic (exact) mass is 231 g/mol. The molecule has 0 saturated carbocycles. The number of hydrogen-bond donors (Lipinski definition) is 1. The summed E-state index contributed by atoms with van der Waals surface area (Å²) in [7, 11) is 0. The van der Waals surface area contributed by atoms with Crippen LogP contribution in [0.25, 0.3) is 0 Å². The van der Waals surface area contributed by atoms with E-state index in [1.54, 1.807) is 0 Å². The van der Waals surface area contributed by atoms with Crippen LogP contribution in [0.15, 0.2) is 0 Å². The average Bonchev–Trinajstić information content (AvgIpc) is 2.71. The van der Waals surface area contributed by atoms with E-state index in [0.717, 1.165) is 19.4 Å². The second kappa shape index (κ2) is 7.99. The van der Waals surface area contributed by atoms with Crippen LogP contribution in [-0.4, -0.2) is 36.7 Å². The Labute approximate surface area is 96.3 Å². The molecule has 0 aromatic heterocycles. The van der Waals surface area contributed by atoms with Crippen LogP contribution in [0, 0.1) is 0 Å². The summed E-state index contributed by atoms with van der Waals surface area (Å²) in [6.45, 7) is 3.95. The molecule has 1 heterocycles. The van der Waals surface area contributed by atoms with Gasteiger partial charge in [0.15, 0.2) is 0 Å². The Morgan fingerprint density at radius 1 is 1.60 bits per heavy atom. The predicted molar refractivity (Wildman–Crippen MR) is 64.2 cm³/mol. The molecule has 88 valence electrons. The van der Waals surface area contributed by atoms with Crippen molar-refractivity contribution in [3.05, 3.63) is 0 Å². The van der Waals surface area contributed by atoms with E-state index >= 15 is 0 Å². The molecule has 1 N–H and O–H groups in total. The molecule has 1 aliphatic heterocycles. The second-order valence-electron chi connectivity index (χ2n) is 3.84. The summed E-state index contributed by atoms with van der Waals surface area (Å²) in [5.74, 6) is 1.15. The van der Waals surface area contributed by atoms with E-state index in [1.165, 1.54) is 18.6 Å². The largest absolute Gasteiger partial charge is 0.465 e. The van der Waals surface area contributed by atoms with Crippen molar-refractivity contribution < 1.29 is 9.53 Å². The predicted octanol–water partition coefficient (Wildman–Crippen LogP) is 1.81. The van der Waals surface area contributed by atoms with Gasteiger partial charge in [0.25, 0.3) is 0 Å². The summed E-state index contributed by atoms with van der Waals surface area (Å²) in [5, 5.41) is 3.86. The van der Waals surface area contributed by atoms with Crippen LogP contribution in [0.4, 0.5) is 0 Å². The van der Waals surface area contributed by atoms with Crippen LogP contribution in [-0.2, 0) is 9.53 Å². The number of carbonyl (C=O) groups is 1. The number of carbonyl (C=O) groups excluding carboxylic acids is 1. The van der Waals surface area contributed by atoms with Crippen molar-refractivity contribution in [3.8, 4) is 0 Å². The molecule has 0 bridgehead atoms. The molecule has 0 radical (unpaired) electrons. The first kappa shape index (κ1) is 12.8. The molecule has 1 saturated heterocycles. The Kier molecular flexibility index (Phi) is 6.85. The number of ether oxygens (including phenoxy) is 1. The Bertz CT molecular complexity index is 181. The molecule has 1 unspecified atom stereocenters. The van der Waals surface area contributed by atoms with E-state index < -0.39 is 0 Å². The first-order chi connectivity index (χ1) is 7.33. The summed E-state index contributed by atoms with van der Waals surface area (Å²) in [6, 6.07) is 0. The molecular formula is C11H21NO2S. The molecule has 1 aliphatic rings. The maximum absolute atomic E-state index is 11.2. The highest BCUT2D eigenvalue weighted by molar-refractivity contribution is 8.00. The van der Waals surface area contributed by atoms with Crippen molar-refractivity contribution in [1.29, 1.82) is 0 Å². The zero-order valence-electron chi connectivity index (χ0n) is 9.46. The maximum atomic E-state index is 11.2. The van der Waals surface area contributed by atoms with Gasteiger partial charge in [-0.05, 0) is 25.0 Å². The highest BCUT2D eigenvalue weighted by atomic mass is 32.2. The molecule has 0 aromatic carbocycles. The number of nitrogens with one attached hydrogen (secondary N) is 1. The van der Waals surface area contributed by atoms with Gasteiger partial charge in [0.05, 0.1) is 13.2 Å². The van der Waals surface area contributed by atoms with E-state index in [1.807, 2.05) is 11.8 Å². The van der Waals surface area contributed by atoms with Crippen LogP contribution in [0.2, 0.25) is 0 Å². The van der Waals surface area contributed by atoms with Crippen molar-refractivity contribution in [2.24, 2.45) is 0 Å². The standard InChI is InChI=1S/C11H21NO2S/c1-2-3-6-14-11(13)9-12-8-10-5-4-7-15-10/h10,12H,2-9H2,1H3. The number of esters is 1. The minimum atomic E-state index is -0.119. The SMILES string of the molecule is CCCCOC(=O)CNCC1CCCS1. The van der Waals surface area contributed by atoms with Crippen LogP contribution in [0.3, 0.4) is 0 Å². The van der Waals surface area contributed by atoms with Gasteiger partial charge >= 0.3 is 5.97 Å². The summed E-state index contributed by atoms with van der Waals surface area (Å²) in [5.41, 5.74) is 0. The summed E-state index contributed by atoms with van der Waals surface area (Å²) < 4.78 is 5.04. The van der Waals surface area contributed by atoms with Gasteiger partial charge in [0.1, 0.15) is 0 Å². The first-order valence-electron chi connectivity index (χ1n) is 5.81. The van der Waals surface area contributed by atoms with E-state index in [4.69, 9.17) is 4.74 Å². The molecule has 0 amide bonds. The molecule has 1 atom stereocenters. The normalized spacial score (nSPS) is 20.5. The van der Waals surface area contributed by atoms with Gasteiger partial charge in [0, 0.05) is 11.8 Å². The van der Waals surface area contributed by atoms with Gasteiger partial charge in [-0.1, -0.05) is 13.3 Å². The lowest BCUT2D eigenvalue weighted by atomic mass is 10.2. The molecule has 0 aromatic rings. The summed E-state index contributed by atoms with van der Waals surface area (Å²) >= 11 is 2.00. The van der Waals surface area contributed by atoms with Gasteiger partial charge in [-0.3, -0.25) is 4.79 Å². The van der Waals surface area contributed by atoms with E-state index in [-0.39, 0.29) is 5.97 Å². The van der Waals surface area contributed by atoms with Crippen molar-refractivity contribution in [1.82, 2.24) is 5.32 Å². The zero-order chi connectivity index (χ0) is 10.9. The summed E-state index contributed by atoms with van der Waals surface area (Å²) in [4.78, 5) is 11.2. The van der Waals surface area contributed by atoms with Crippen molar-refractivity contribution in [3.63, 3.8) is 0 Å². The van der Waals surface area contributed by atoms with E-state index in [9.17, 15) is 4.79 Å².